The Labute approximate surface area is 142 Å². The van der Waals surface area contributed by atoms with Crippen LogP contribution in [0.15, 0.2) is 59.0 Å². The summed E-state index contributed by atoms with van der Waals surface area (Å²) in [5, 5.41) is 0. The molecule has 2 aromatic rings. The molecule has 126 valence electrons. The van der Waals surface area contributed by atoms with Gasteiger partial charge in [0.1, 0.15) is 17.1 Å². The number of para-hydroxylation sites is 1. The van der Waals surface area contributed by atoms with Crippen LogP contribution in [-0.4, -0.2) is 21.1 Å². The molecule has 0 amide bonds. The average Bonchev–Trinajstić information content (AvgIpc) is 2.55. The van der Waals surface area contributed by atoms with E-state index in [-0.39, 0.29) is 4.90 Å². The molecule has 4 nitrogen and oxygen atoms in total. The van der Waals surface area contributed by atoms with Crippen LogP contribution in [0.2, 0.25) is 0 Å². The van der Waals surface area contributed by atoms with Gasteiger partial charge in [0.15, 0.2) is 0 Å². The van der Waals surface area contributed by atoms with E-state index in [2.05, 4.69) is 0 Å². The van der Waals surface area contributed by atoms with Crippen LogP contribution in [-0.2, 0) is 9.84 Å². The minimum atomic E-state index is -3.71. The Balaban J connectivity index is 2.28. The summed E-state index contributed by atoms with van der Waals surface area (Å²) in [6, 6.07) is 13.8. The van der Waals surface area contributed by atoms with Crippen molar-refractivity contribution in [2.75, 3.05) is 7.11 Å². The van der Waals surface area contributed by atoms with E-state index in [1.54, 1.807) is 36.4 Å². The van der Waals surface area contributed by atoms with Gasteiger partial charge in [0.2, 0.25) is 9.84 Å². The lowest BCUT2D eigenvalue weighted by Gasteiger charge is -2.35. The van der Waals surface area contributed by atoms with E-state index in [0.717, 1.165) is 0 Å². The predicted octanol–water partition coefficient (Wildman–Crippen LogP) is 4.07. The monoisotopic (exact) mass is 344 g/mol. The second-order valence-electron chi connectivity index (χ2n) is 6.25. The van der Waals surface area contributed by atoms with Crippen LogP contribution < -0.4 is 9.47 Å². The van der Waals surface area contributed by atoms with Gasteiger partial charge in [-0.15, -0.1) is 0 Å². The highest BCUT2D eigenvalue weighted by atomic mass is 32.2. The van der Waals surface area contributed by atoms with Crippen molar-refractivity contribution in [3.8, 4) is 11.5 Å². The van der Waals surface area contributed by atoms with Crippen LogP contribution in [0.1, 0.15) is 26.3 Å². The van der Waals surface area contributed by atoms with E-state index in [1.807, 2.05) is 32.9 Å². The molecule has 0 radical (unpaired) electrons. The van der Waals surface area contributed by atoms with Gasteiger partial charge >= 0.3 is 0 Å². The first kappa shape index (κ1) is 16.6. The number of benzene rings is 2. The number of fused-ring (bicyclic) bond motifs is 1. The van der Waals surface area contributed by atoms with E-state index in [0.29, 0.717) is 27.5 Å². The lowest BCUT2D eigenvalue weighted by atomic mass is 9.93. The lowest BCUT2D eigenvalue weighted by Crippen LogP contribution is -2.34. The lowest BCUT2D eigenvalue weighted by molar-refractivity contribution is 0.145. The molecule has 0 unspecified atom stereocenters. The molecular formula is C19H20O4S. The van der Waals surface area contributed by atoms with E-state index in [1.165, 1.54) is 7.11 Å². The molecule has 5 heteroatoms. The van der Waals surface area contributed by atoms with Gasteiger partial charge in [-0.25, -0.2) is 8.42 Å². The fourth-order valence-electron chi connectivity index (χ4n) is 2.80. The summed E-state index contributed by atoms with van der Waals surface area (Å²) in [7, 11) is -2.19. The van der Waals surface area contributed by atoms with Crippen LogP contribution in [0.25, 0.3) is 4.91 Å². The van der Waals surface area contributed by atoms with Gasteiger partial charge in [-0.3, -0.25) is 0 Å². The highest BCUT2D eigenvalue weighted by molar-refractivity contribution is 8.00. The second-order valence-corrected chi connectivity index (χ2v) is 8.13. The Morgan fingerprint density at radius 3 is 2.46 bits per heavy atom. The summed E-state index contributed by atoms with van der Waals surface area (Å²) in [6.45, 7) is 5.56. The number of hydrogen-bond donors (Lipinski definition) is 0. The normalized spacial score (nSPS) is 16.3. The van der Waals surface area contributed by atoms with Gasteiger partial charge in [0.05, 0.1) is 16.9 Å². The summed E-state index contributed by atoms with van der Waals surface area (Å²) in [6.07, 6.45) is 0. The smallest absolute Gasteiger partial charge is 0.207 e. The standard InChI is InChI=1S/C19H20O4S/c1-13-18(16-10-5-6-11-17(16)23-19(13,2)3)24(20,21)15-9-7-8-14(12-15)22-4/h5-12H,1-4H3. The molecule has 0 saturated heterocycles. The molecule has 1 aliphatic heterocycles. The van der Waals surface area contributed by atoms with E-state index >= 15 is 0 Å². The largest absolute Gasteiger partial charge is 0.497 e. The van der Waals surface area contributed by atoms with Gasteiger partial charge in [-0.2, -0.15) is 0 Å². The van der Waals surface area contributed by atoms with Crippen molar-refractivity contribution < 1.29 is 17.9 Å². The highest BCUT2D eigenvalue weighted by Crippen LogP contribution is 2.44. The Morgan fingerprint density at radius 1 is 1.04 bits per heavy atom. The number of ether oxygens (including phenoxy) is 2. The van der Waals surface area contributed by atoms with Crippen molar-refractivity contribution in [2.45, 2.75) is 31.3 Å². The molecule has 0 aromatic heterocycles. The Kier molecular flexibility index (Phi) is 3.92. The molecule has 0 saturated carbocycles. The number of hydrogen-bond acceptors (Lipinski definition) is 4. The Hall–Kier alpha value is -2.27. The Morgan fingerprint density at radius 2 is 1.75 bits per heavy atom. The van der Waals surface area contributed by atoms with Crippen LogP contribution in [0, 0.1) is 0 Å². The predicted molar refractivity (Wildman–Crippen MR) is 93.9 cm³/mol. The van der Waals surface area contributed by atoms with Gasteiger partial charge in [0, 0.05) is 5.56 Å². The maximum absolute atomic E-state index is 13.3. The minimum Gasteiger partial charge on any atom is -0.497 e. The highest BCUT2D eigenvalue weighted by Gasteiger charge is 2.38. The number of sulfone groups is 1. The van der Waals surface area contributed by atoms with Gasteiger partial charge < -0.3 is 9.47 Å². The molecule has 0 atom stereocenters. The molecule has 24 heavy (non-hydrogen) atoms. The van der Waals surface area contributed by atoms with Gasteiger partial charge in [0.25, 0.3) is 0 Å². The number of rotatable bonds is 3. The molecular weight excluding hydrogens is 324 g/mol. The molecule has 0 spiro atoms. The molecule has 1 aliphatic rings. The summed E-state index contributed by atoms with van der Waals surface area (Å²) < 4.78 is 37.9. The quantitative estimate of drug-likeness (QED) is 0.842. The fourth-order valence-corrected chi connectivity index (χ4v) is 4.67. The third kappa shape index (κ3) is 2.59. The van der Waals surface area contributed by atoms with Crippen LogP contribution in [0.4, 0.5) is 0 Å². The Bertz CT molecular complexity index is 924. The van der Waals surface area contributed by atoms with E-state index in [9.17, 15) is 8.42 Å². The van der Waals surface area contributed by atoms with Crippen LogP contribution in [0.5, 0.6) is 11.5 Å². The molecule has 0 bridgehead atoms. The van der Waals surface area contributed by atoms with Gasteiger partial charge in [-0.1, -0.05) is 18.2 Å². The molecule has 0 fully saturated rings. The fraction of sp³-hybridized carbons (Fsp3) is 0.263. The van der Waals surface area contributed by atoms with E-state index < -0.39 is 15.4 Å². The van der Waals surface area contributed by atoms with Crippen molar-refractivity contribution in [3.05, 3.63) is 59.7 Å². The topological polar surface area (TPSA) is 52.6 Å². The molecule has 1 heterocycles. The van der Waals surface area contributed by atoms with Crippen LogP contribution >= 0.6 is 0 Å². The maximum Gasteiger partial charge on any atom is 0.207 e. The van der Waals surface area contributed by atoms with Crippen molar-refractivity contribution in [1.82, 2.24) is 0 Å². The summed E-state index contributed by atoms with van der Waals surface area (Å²) in [5.41, 5.74) is 0.580. The second kappa shape index (κ2) is 5.67. The molecule has 3 rings (SSSR count). The van der Waals surface area contributed by atoms with Crippen LogP contribution in [0.3, 0.4) is 0 Å². The van der Waals surface area contributed by atoms with Crippen molar-refractivity contribution in [1.29, 1.82) is 0 Å². The van der Waals surface area contributed by atoms with Crippen molar-refractivity contribution >= 4 is 14.7 Å². The maximum atomic E-state index is 13.3. The summed E-state index contributed by atoms with van der Waals surface area (Å²) in [4.78, 5) is 0.520. The molecule has 0 aliphatic carbocycles. The number of methoxy groups -OCH3 is 1. The summed E-state index contributed by atoms with van der Waals surface area (Å²) in [5.74, 6) is 1.09. The third-order valence-electron chi connectivity index (χ3n) is 4.36. The first-order chi connectivity index (χ1) is 11.3. The SMILES string of the molecule is COc1cccc(S(=O)(=O)C2=C(C)C(C)(C)Oc3ccccc32)c1. The van der Waals surface area contributed by atoms with Gasteiger partial charge in [-0.05, 0) is 56.7 Å². The average molecular weight is 344 g/mol. The minimum absolute atomic E-state index is 0.212. The molecule has 0 N–H and O–H groups in total. The third-order valence-corrected chi connectivity index (χ3v) is 6.30. The summed E-state index contributed by atoms with van der Waals surface area (Å²) >= 11 is 0. The zero-order chi connectivity index (χ0) is 17.5. The van der Waals surface area contributed by atoms with E-state index in [4.69, 9.17) is 9.47 Å². The zero-order valence-corrected chi connectivity index (χ0v) is 15.0. The first-order valence-electron chi connectivity index (χ1n) is 7.66. The zero-order valence-electron chi connectivity index (χ0n) is 14.2. The molecule has 2 aromatic carbocycles. The van der Waals surface area contributed by atoms with Crippen molar-refractivity contribution in [2.24, 2.45) is 0 Å². The first-order valence-corrected chi connectivity index (χ1v) is 9.14. The van der Waals surface area contributed by atoms with Crippen molar-refractivity contribution in [3.63, 3.8) is 0 Å².